The molecule has 0 aromatic carbocycles. The minimum Gasteiger partial charge on any atom is -0.267 e. The van der Waals surface area contributed by atoms with Crippen LogP contribution in [0.3, 0.4) is 0 Å². The van der Waals surface area contributed by atoms with E-state index >= 15 is 0 Å². The first kappa shape index (κ1) is 13.4. The molecule has 0 aliphatic rings. The Morgan fingerprint density at radius 2 is 2.33 bits per heavy atom. The van der Waals surface area contributed by atoms with Gasteiger partial charge in [0.1, 0.15) is 5.69 Å². The van der Waals surface area contributed by atoms with E-state index in [-0.39, 0.29) is 5.56 Å². The molecule has 0 N–H and O–H groups in total. The average molecular weight is 280 g/mol. The van der Waals surface area contributed by atoms with Crippen LogP contribution in [0.2, 0.25) is 0 Å². The minimum absolute atomic E-state index is 0.0150. The summed E-state index contributed by atoms with van der Waals surface area (Å²) in [7, 11) is 0. The van der Waals surface area contributed by atoms with Crippen LogP contribution in [-0.4, -0.2) is 9.78 Å². The number of aryl methyl sites for hydroxylation is 1. The molecule has 18 heavy (non-hydrogen) atoms. The molecule has 5 heteroatoms. The van der Waals surface area contributed by atoms with Crippen molar-refractivity contribution in [2.75, 3.05) is 0 Å². The standard InChI is InChI=1S/C13H16N2OS2/c1-2-3-6-15-13(16)10(9-17)8-11(14-15)12-5-4-7-18-12/h4-5,7-8,17H,2-3,6,9H2,1H3. The number of hydrogen-bond donors (Lipinski definition) is 1. The van der Waals surface area contributed by atoms with Gasteiger partial charge in [0, 0.05) is 17.9 Å². The Balaban J connectivity index is 2.46. The Labute approximate surface area is 116 Å². The molecule has 0 saturated heterocycles. The second-order valence-electron chi connectivity index (χ2n) is 4.07. The molecule has 96 valence electrons. The lowest BCUT2D eigenvalue weighted by Crippen LogP contribution is -2.26. The fourth-order valence-electron chi connectivity index (χ4n) is 1.71. The van der Waals surface area contributed by atoms with E-state index in [1.54, 1.807) is 16.0 Å². The highest BCUT2D eigenvalue weighted by Gasteiger charge is 2.09. The molecule has 2 heterocycles. The third-order valence-corrected chi connectivity index (χ3v) is 3.95. The van der Waals surface area contributed by atoms with E-state index in [1.165, 1.54) is 0 Å². The third-order valence-electron chi connectivity index (χ3n) is 2.72. The van der Waals surface area contributed by atoms with Crippen molar-refractivity contribution < 1.29 is 0 Å². The highest BCUT2D eigenvalue weighted by molar-refractivity contribution is 7.79. The van der Waals surface area contributed by atoms with Gasteiger partial charge in [-0.2, -0.15) is 17.7 Å². The molecule has 0 amide bonds. The first-order valence-corrected chi connectivity index (χ1v) is 7.53. The summed E-state index contributed by atoms with van der Waals surface area (Å²) in [6.45, 7) is 2.78. The second kappa shape index (κ2) is 6.20. The molecule has 3 nitrogen and oxygen atoms in total. The summed E-state index contributed by atoms with van der Waals surface area (Å²) in [5, 5.41) is 6.45. The predicted octanol–water partition coefficient (Wildman–Crippen LogP) is 3.20. The van der Waals surface area contributed by atoms with Gasteiger partial charge in [-0.3, -0.25) is 4.79 Å². The summed E-state index contributed by atoms with van der Waals surface area (Å²) < 4.78 is 1.57. The maximum Gasteiger partial charge on any atom is 0.270 e. The Bertz CT molecular complexity index is 561. The van der Waals surface area contributed by atoms with E-state index in [2.05, 4.69) is 24.7 Å². The third kappa shape index (κ3) is 2.84. The van der Waals surface area contributed by atoms with E-state index in [1.807, 2.05) is 23.6 Å². The monoisotopic (exact) mass is 280 g/mol. The zero-order valence-corrected chi connectivity index (χ0v) is 12.0. The van der Waals surface area contributed by atoms with Crippen molar-refractivity contribution >= 4 is 24.0 Å². The summed E-state index contributed by atoms with van der Waals surface area (Å²) in [4.78, 5) is 13.2. The summed E-state index contributed by atoms with van der Waals surface area (Å²) >= 11 is 5.86. The Hall–Kier alpha value is -1.07. The van der Waals surface area contributed by atoms with E-state index in [9.17, 15) is 4.79 Å². The Morgan fingerprint density at radius 1 is 1.50 bits per heavy atom. The first-order chi connectivity index (χ1) is 8.76. The summed E-state index contributed by atoms with van der Waals surface area (Å²) in [5.74, 6) is 0.450. The Morgan fingerprint density at radius 3 is 2.94 bits per heavy atom. The van der Waals surface area contributed by atoms with Crippen LogP contribution >= 0.6 is 24.0 Å². The van der Waals surface area contributed by atoms with Gasteiger partial charge in [0.15, 0.2) is 0 Å². The fraction of sp³-hybridized carbons (Fsp3) is 0.385. The van der Waals surface area contributed by atoms with Crippen molar-refractivity contribution in [1.82, 2.24) is 9.78 Å². The van der Waals surface area contributed by atoms with Gasteiger partial charge in [0.2, 0.25) is 0 Å². The molecule has 0 saturated carbocycles. The van der Waals surface area contributed by atoms with Crippen LogP contribution in [-0.2, 0) is 12.3 Å². The molecule has 0 fully saturated rings. The molecule has 0 spiro atoms. The lowest BCUT2D eigenvalue weighted by atomic mass is 10.2. The Kier molecular flexibility index (Phi) is 4.60. The highest BCUT2D eigenvalue weighted by atomic mass is 32.1. The van der Waals surface area contributed by atoms with Gasteiger partial charge < -0.3 is 0 Å². The van der Waals surface area contributed by atoms with Crippen LogP contribution in [0.1, 0.15) is 25.3 Å². The molecule has 0 radical (unpaired) electrons. The summed E-state index contributed by atoms with van der Waals surface area (Å²) in [5.41, 5.74) is 1.57. The van der Waals surface area contributed by atoms with Crippen LogP contribution in [0.4, 0.5) is 0 Å². The van der Waals surface area contributed by atoms with E-state index in [0.29, 0.717) is 17.9 Å². The van der Waals surface area contributed by atoms with Gasteiger partial charge in [0.25, 0.3) is 5.56 Å². The largest absolute Gasteiger partial charge is 0.270 e. The predicted molar refractivity (Wildman–Crippen MR) is 79.4 cm³/mol. The number of nitrogens with zero attached hydrogens (tertiary/aromatic N) is 2. The number of thiophene rings is 1. The second-order valence-corrected chi connectivity index (χ2v) is 5.34. The molecule has 2 rings (SSSR count). The van der Waals surface area contributed by atoms with E-state index in [0.717, 1.165) is 23.4 Å². The molecule has 0 aliphatic carbocycles. The van der Waals surface area contributed by atoms with Crippen molar-refractivity contribution in [2.24, 2.45) is 0 Å². The number of aromatic nitrogens is 2. The zero-order chi connectivity index (χ0) is 13.0. The number of unbranched alkanes of at least 4 members (excludes halogenated alkanes) is 1. The van der Waals surface area contributed by atoms with Crippen molar-refractivity contribution in [3.63, 3.8) is 0 Å². The van der Waals surface area contributed by atoms with Gasteiger partial charge in [-0.15, -0.1) is 11.3 Å². The fourth-order valence-corrected chi connectivity index (χ4v) is 2.62. The quantitative estimate of drug-likeness (QED) is 0.854. The smallest absolute Gasteiger partial charge is 0.267 e. The van der Waals surface area contributed by atoms with Crippen molar-refractivity contribution in [3.8, 4) is 10.6 Å². The normalized spacial score (nSPS) is 10.8. The molecule has 0 aliphatic heterocycles. The van der Waals surface area contributed by atoms with Gasteiger partial charge in [0.05, 0.1) is 4.88 Å². The lowest BCUT2D eigenvalue weighted by molar-refractivity contribution is 0.542. The molecule has 2 aromatic heterocycles. The van der Waals surface area contributed by atoms with Crippen molar-refractivity contribution in [3.05, 3.63) is 39.5 Å². The molecular formula is C13H16N2OS2. The van der Waals surface area contributed by atoms with Crippen LogP contribution in [0.5, 0.6) is 0 Å². The molecule has 0 atom stereocenters. The number of hydrogen-bond acceptors (Lipinski definition) is 4. The molecule has 0 unspecified atom stereocenters. The molecule has 0 bridgehead atoms. The van der Waals surface area contributed by atoms with Crippen molar-refractivity contribution in [2.45, 2.75) is 32.1 Å². The number of rotatable bonds is 5. The van der Waals surface area contributed by atoms with Gasteiger partial charge in [-0.25, -0.2) is 4.68 Å². The van der Waals surface area contributed by atoms with Crippen LogP contribution in [0.15, 0.2) is 28.4 Å². The van der Waals surface area contributed by atoms with Crippen LogP contribution in [0.25, 0.3) is 10.6 Å². The first-order valence-electron chi connectivity index (χ1n) is 6.02. The van der Waals surface area contributed by atoms with Crippen LogP contribution < -0.4 is 5.56 Å². The van der Waals surface area contributed by atoms with Gasteiger partial charge in [-0.05, 0) is 23.9 Å². The maximum atomic E-state index is 12.1. The van der Waals surface area contributed by atoms with Crippen molar-refractivity contribution in [1.29, 1.82) is 0 Å². The summed E-state index contributed by atoms with van der Waals surface area (Å²) in [6, 6.07) is 5.86. The van der Waals surface area contributed by atoms with E-state index in [4.69, 9.17) is 0 Å². The summed E-state index contributed by atoms with van der Waals surface area (Å²) in [6.07, 6.45) is 2.01. The molecular weight excluding hydrogens is 264 g/mol. The zero-order valence-electron chi connectivity index (χ0n) is 10.3. The topological polar surface area (TPSA) is 34.9 Å². The molecule has 2 aromatic rings. The SMILES string of the molecule is CCCCn1nc(-c2cccs2)cc(CS)c1=O. The average Bonchev–Trinajstić information content (AvgIpc) is 2.91. The highest BCUT2D eigenvalue weighted by Crippen LogP contribution is 2.22. The van der Waals surface area contributed by atoms with Crippen LogP contribution in [0, 0.1) is 0 Å². The van der Waals surface area contributed by atoms with Gasteiger partial charge >= 0.3 is 0 Å². The number of thiol groups is 1. The minimum atomic E-state index is -0.0150. The van der Waals surface area contributed by atoms with Gasteiger partial charge in [-0.1, -0.05) is 19.4 Å². The lowest BCUT2D eigenvalue weighted by Gasteiger charge is -2.08. The van der Waals surface area contributed by atoms with E-state index < -0.39 is 0 Å². The maximum absolute atomic E-state index is 12.1.